The largest absolute Gasteiger partial charge is 0.321 e. The van der Waals surface area contributed by atoms with Gasteiger partial charge in [0.1, 0.15) is 11.5 Å². The second-order valence-electron chi connectivity index (χ2n) is 8.58. The van der Waals surface area contributed by atoms with Gasteiger partial charge in [-0.2, -0.15) is 0 Å². The number of aromatic nitrogens is 2. The lowest BCUT2D eigenvalue weighted by Gasteiger charge is -2.13. The van der Waals surface area contributed by atoms with Gasteiger partial charge in [0.15, 0.2) is 4.34 Å². The number of thioether (sulfide) groups is 2. The maximum atomic E-state index is 14.2. The summed E-state index contributed by atoms with van der Waals surface area (Å²) in [6.07, 6.45) is 1.51. The number of hydrogen-bond acceptors (Lipinski definition) is 8. The van der Waals surface area contributed by atoms with Gasteiger partial charge in [-0.3, -0.25) is 19.7 Å². The van der Waals surface area contributed by atoms with Crippen LogP contribution in [0.5, 0.6) is 0 Å². The van der Waals surface area contributed by atoms with E-state index in [4.69, 9.17) is 0 Å². The zero-order chi connectivity index (χ0) is 30.1. The first-order chi connectivity index (χ1) is 20.2. The third kappa shape index (κ3) is 8.99. The predicted octanol–water partition coefficient (Wildman–Crippen LogP) is 7.08. The molecule has 4 rings (SSSR count). The number of carbonyl (C=O) groups excluding carboxylic acids is 3. The van der Waals surface area contributed by atoms with Crippen molar-refractivity contribution in [3.8, 4) is 0 Å². The fraction of sp³-hybridized carbons (Fsp3) is 0.138. The minimum absolute atomic E-state index is 0.0634. The van der Waals surface area contributed by atoms with E-state index in [0.29, 0.717) is 16.4 Å². The number of rotatable bonds is 11. The van der Waals surface area contributed by atoms with Gasteiger partial charge in [0.05, 0.1) is 10.8 Å². The lowest BCUT2D eigenvalue weighted by atomic mass is 10.1. The smallest absolute Gasteiger partial charge is 0.272 e. The molecule has 1 aromatic heterocycles. The summed E-state index contributed by atoms with van der Waals surface area (Å²) in [7, 11) is 0. The first-order valence-electron chi connectivity index (χ1n) is 12.6. The number of nitrogens with zero attached hydrogens (tertiary/aromatic N) is 2. The standard InChI is InChI=1S/C29H25BrFN5O3S3/c1-3-40-29-36-35-28(42-29)34-25(37)17(2)41-21-14-12-20(13-15-21)32-27(39)24(16-18-8-10-19(30)11-9-18)33-26(38)22-6-4-5-7-23(22)31/h4-17H,3H2,1-2H3,(H,32,39)(H,33,38)(H,34,35,37)/b24-16+/t17-/m0/s1. The van der Waals surface area contributed by atoms with Crippen LogP contribution in [0.4, 0.5) is 15.2 Å². The molecule has 1 atom stereocenters. The number of nitrogens with one attached hydrogen (secondary N) is 3. The number of carbonyl (C=O) groups is 3. The molecule has 3 amide bonds. The van der Waals surface area contributed by atoms with Crippen molar-refractivity contribution in [3.63, 3.8) is 0 Å². The Hall–Kier alpha value is -3.52. The molecular formula is C29H25BrFN5O3S3. The minimum atomic E-state index is -0.750. The van der Waals surface area contributed by atoms with Crippen LogP contribution >= 0.6 is 50.8 Å². The highest BCUT2D eigenvalue weighted by molar-refractivity contribution is 9.10. The molecule has 0 bridgehead atoms. The van der Waals surface area contributed by atoms with Gasteiger partial charge >= 0.3 is 0 Å². The fourth-order valence-corrected chi connectivity index (χ4v) is 6.22. The molecule has 1 heterocycles. The Morgan fingerprint density at radius 1 is 1.00 bits per heavy atom. The van der Waals surface area contributed by atoms with Crippen LogP contribution in [0.3, 0.4) is 0 Å². The van der Waals surface area contributed by atoms with E-state index >= 15 is 0 Å². The number of hydrogen-bond donors (Lipinski definition) is 3. The number of amides is 3. The second kappa shape index (κ2) is 15.1. The van der Waals surface area contributed by atoms with Crippen molar-refractivity contribution in [1.82, 2.24) is 15.5 Å². The van der Waals surface area contributed by atoms with E-state index in [9.17, 15) is 18.8 Å². The van der Waals surface area contributed by atoms with Crippen molar-refractivity contribution in [2.45, 2.75) is 28.3 Å². The van der Waals surface area contributed by atoms with Crippen LogP contribution in [-0.2, 0) is 9.59 Å². The second-order valence-corrected chi connectivity index (χ2v) is 13.4. The maximum absolute atomic E-state index is 14.2. The highest BCUT2D eigenvalue weighted by Crippen LogP contribution is 2.28. The predicted molar refractivity (Wildman–Crippen MR) is 171 cm³/mol. The fourth-order valence-electron chi connectivity index (χ4n) is 3.44. The lowest BCUT2D eigenvalue weighted by Crippen LogP contribution is -2.31. The average molecular weight is 687 g/mol. The van der Waals surface area contributed by atoms with E-state index in [-0.39, 0.29) is 17.2 Å². The molecule has 0 spiro atoms. The quantitative estimate of drug-likeness (QED) is 0.0879. The molecule has 3 aromatic carbocycles. The number of anilines is 2. The highest BCUT2D eigenvalue weighted by atomic mass is 79.9. The average Bonchev–Trinajstić information content (AvgIpc) is 3.41. The molecule has 0 fully saturated rings. The van der Waals surface area contributed by atoms with Gasteiger partial charge in [-0.25, -0.2) is 4.39 Å². The maximum Gasteiger partial charge on any atom is 0.272 e. The first-order valence-corrected chi connectivity index (χ1v) is 16.1. The van der Waals surface area contributed by atoms with Crippen LogP contribution in [0.25, 0.3) is 6.08 Å². The normalized spacial score (nSPS) is 12.0. The number of benzene rings is 3. The van der Waals surface area contributed by atoms with Gasteiger partial charge in [0.25, 0.3) is 11.8 Å². The van der Waals surface area contributed by atoms with Crippen molar-refractivity contribution in [2.75, 3.05) is 16.4 Å². The Labute approximate surface area is 263 Å². The van der Waals surface area contributed by atoms with Crippen molar-refractivity contribution in [2.24, 2.45) is 0 Å². The first kappa shape index (κ1) is 31.4. The Kier molecular flexibility index (Phi) is 11.3. The lowest BCUT2D eigenvalue weighted by molar-refractivity contribution is -0.115. The zero-order valence-electron chi connectivity index (χ0n) is 22.4. The van der Waals surface area contributed by atoms with Crippen LogP contribution < -0.4 is 16.0 Å². The van der Waals surface area contributed by atoms with Crippen molar-refractivity contribution >= 4 is 85.4 Å². The molecule has 13 heteroatoms. The van der Waals surface area contributed by atoms with E-state index in [0.717, 1.165) is 19.5 Å². The third-order valence-corrected chi connectivity index (χ3v) is 8.99. The molecule has 0 aliphatic carbocycles. The molecule has 3 N–H and O–H groups in total. The van der Waals surface area contributed by atoms with E-state index in [1.807, 2.05) is 6.92 Å². The Morgan fingerprint density at radius 2 is 1.71 bits per heavy atom. The van der Waals surface area contributed by atoms with Gasteiger partial charge in [-0.15, -0.1) is 22.0 Å². The van der Waals surface area contributed by atoms with Gasteiger partial charge in [0.2, 0.25) is 11.0 Å². The third-order valence-electron chi connectivity index (χ3n) is 5.49. The molecule has 0 aliphatic rings. The number of halogens is 2. The van der Waals surface area contributed by atoms with E-state index in [2.05, 4.69) is 42.1 Å². The van der Waals surface area contributed by atoms with Gasteiger partial charge in [-0.1, -0.05) is 70.2 Å². The summed E-state index contributed by atoms with van der Waals surface area (Å²) in [6.45, 7) is 3.81. The van der Waals surface area contributed by atoms with Crippen LogP contribution in [0, 0.1) is 5.82 Å². The topological polar surface area (TPSA) is 113 Å². The molecule has 8 nitrogen and oxygen atoms in total. The summed E-state index contributed by atoms with van der Waals surface area (Å²) in [5.74, 6) is -1.36. The molecule has 0 radical (unpaired) electrons. The summed E-state index contributed by atoms with van der Waals surface area (Å²) in [6, 6.07) is 19.6. The zero-order valence-corrected chi connectivity index (χ0v) is 26.4. The Balaban J connectivity index is 1.42. The molecule has 0 saturated heterocycles. The monoisotopic (exact) mass is 685 g/mol. The van der Waals surface area contributed by atoms with Gasteiger partial charge < -0.3 is 10.6 Å². The van der Waals surface area contributed by atoms with Crippen LogP contribution in [0.1, 0.15) is 29.8 Å². The molecule has 0 saturated carbocycles. The molecule has 0 unspecified atom stereocenters. The molecule has 216 valence electrons. The summed E-state index contributed by atoms with van der Waals surface area (Å²) < 4.78 is 15.9. The SMILES string of the molecule is CCSc1nnc(NC(=O)[C@H](C)Sc2ccc(NC(=O)/C(=C\c3ccc(Br)cc3)NC(=O)c3ccccc3F)cc2)s1. The van der Waals surface area contributed by atoms with Crippen molar-refractivity contribution < 1.29 is 18.8 Å². The van der Waals surface area contributed by atoms with E-state index in [1.54, 1.807) is 73.3 Å². The summed E-state index contributed by atoms with van der Waals surface area (Å²) in [5.41, 5.74) is 0.882. The van der Waals surface area contributed by atoms with E-state index in [1.165, 1.54) is 47.4 Å². The van der Waals surface area contributed by atoms with E-state index < -0.39 is 22.9 Å². The highest BCUT2D eigenvalue weighted by Gasteiger charge is 2.19. The van der Waals surface area contributed by atoms with Crippen LogP contribution in [0.2, 0.25) is 0 Å². The van der Waals surface area contributed by atoms with Crippen LogP contribution in [0.15, 0.2) is 92.2 Å². The van der Waals surface area contributed by atoms with Crippen molar-refractivity contribution in [3.05, 3.63) is 99.9 Å². The minimum Gasteiger partial charge on any atom is -0.321 e. The molecule has 42 heavy (non-hydrogen) atoms. The summed E-state index contributed by atoms with van der Waals surface area (Å²) >= 11 is 7.62. The van der Waals surface area contributed by atoms with Gasteiger partial charge in [-0.05, 0) is 72.8 Å². The summed E-state index contributed by atoms with van der Waals surface area (Å²) in [4.78, 5) is 39.5. The summed E-state index contributed by atoms with van der Waals surface area (Å²) in [5, 5.41) is 16.2. The Morgan fingerprint density at radius 3 is 2.40 bits per heavy atom. The van der Waals surface area contributed by atoms with Crippen molar-refractivity contribution in [1.29, 1.82) is 0 Å². The van der Waals surface area contributed by atoms with Gasteiger partial charge in [0, 0.05) is 15.1 Å². The molecule has 4 aromatic rings. The molecule has 0 aliphatic heterocycles. The Bertz CT molecular complexity index is 1600. The molecular weight excluding hydrogens is 661 g/mol. The van der Waals surface area contributed by atoms with Crippen LogP contribution in [-0.4, -0.2) is 38.9 Å².